The lowest BCUT2D eigenvalue weighted by Crippen LogP contribution is -2.11. The SMILES string of the molecule is Cc1ccc2c3ccc(C)cc3n(-c3cc(-c4cc(C(F)(F)F)cc(C(F)(F)F)c4)cc(-n4c5cc(C)ccc5c5ccc(C)cc54)c3C#N)c2c1. The molecule has 0 atom stereocenters. The number of aromatic nitrogens is 2. The molecule has 0 saturated carbocycles. The van der Waals surface area contributed by atoms with Crippen molar-refractivity contribution in [2.75, 3.05) is 0 Å². The summed E-state index contributed by atoms with van der Waals surface area (Å²) in [4.78, 5) is 0. The normalized spacial score (nSPS) is 12.4. The molecule has 6 aromatic carbocycles. The van der Waals surface area contributed by atoms with Crippen LogP contribution in [0.2, 0.25) is 0 Å². The van der Waals surface area contributed by atoms with Crippen molar-refractivity contribution in [2.24, 2.45) is 0 Å². The fraction of sp³-hybridized carbons (Fsp3) is 0.140. The van der Waals surface area contributed by atoms with E-state index in [1.54, 1.807) is 0 Å². The topological polar surface area (TPSA) is 33.6 Å². The van der Waals surface area contributed by atoms with Crippen molar-refractivity contribution in [2.45, 2.75) is 40.0 Å². The zero-order valence-electron chi connectivity index (χ0n) is 28.4. The predicted molar refractivity (Wildman–Crippen MR) is 194 cm³/mol. The van der Waals surface area contributed by atoms with E-state index >= 15 is 0 Å². The fourth-order valence-electron chi connectivity index (χ4n) is 7.36. The van der Waals surface area contributed by atoms with Crippen LogP contribution < -0.4 is 0 Å². The van der Waals surface area contributed by atoms with Crippen LogP contribution in [0.3, 0.4) is 0 Å². The summed E-state index contributed by atoms with van der Waals surface area (Å²) < 4.78 is 89.0. The Bertz CT molecular complexity index is 2530. The zero-order valence-corrected chi connectivity index (χ0v) is 28.4. The van der Waals surface area contributed by atoms with Gasteiger partial charge in [0.2, 0.25) is 0 Å². The first-order valence-electron chi connectivity index (χ1n) is 16.5. The van der Waals surface area contributed by atoms with E-state index in [4.69, 9.17) is 0 Å². The lowest BCUT2D eigenvalue weighted by atomic mass is 9.96. The Morgan fingerprint density at radius 2 is 0.750 bits per heavy atom. The van der Waals surface area contributed by atoms with Crippen molar-refractivity contribution in [3.8, 4) is 28.6 Å². The molecule has 0 radical (unpaired) electrons. The Balaban J connectivity index is 1.59. The van der Waals surface area contributed by atoms with Crippen LogP contribution in [0, 0.1) is 39.0 Å². The number of aryl methyl sites for hydroxylation is 4. The average molecular weight is 702 g/mol. The Morgan fingerprint density at radius 1 is 0.442 bits per heavy atom. The first-order chi connectivity index (χ1) is 24.6. The fourth-order valence-corrected chi connectivity index (χ4v) is 7.36. The molecule has 0 amide bonds. The van der Waals surface area contributed by atoms with Gasteiger partial charge in [0.15, 0.2) is 0 Å². The van der Waals surface area contributed by atoms with Gasteiger partial charge in [0.1, 0.15) is 11.6 Å². The lowest BCUT2D eigenvalue weighted by molar-refractivity contribution is -0.143. The number of hydrogen-bond acceptors (Lipinski definition) is 1. The lowest BCUT2D eigenvalue weighted by Gasteiger charge is -2.20. The van der Waals surface area contributed by atoms with Gasteiger partial charge in [-0.3, -0.25) is 0 Å². The quantitative estimate of drug-likeness (QED) is 0.169. The third kappa shape index (κ3) is 5.29. The monoisotopic (exact) mass is 701 g/mol. The van der Waals surface area contributed by atoms with Crippen LogP contribution in [0.5, 0.6) is 0 Å². The van der Waals surface area contributed by atoms with Crippen molar-refractivity contribution in [1.29, 1.82) is 5.26 Å². The molecule has 0 spiro atoms. The molecule has 0 N–H and O–H groups in total. The van der Waals surface area contributed by atoms with Crippen LogP contribution in [0.4, 0.5) is 26.3 Å². The van der Waals surface area contributed by atoms with E-state index < -0.39 is 23.5 Å². The maximum Gasteiger partial charge on any atom is 0.416 e. The summed E-state index contributed by atoms with van der Waals surface area (Å²) in [7, 11) is 0. The predicted octanol–water partition coefficient (Wildman–Crippen LogP) is 12.7. The second-order valence-electron chi connectivity index (χ2n) is 13.5. The number of nitriles is 1. The van der Waals surface area contributed by atoms with Gasteiger partial charge < -0.3 is 9.13 Å². The molecule has 258 valence electrons. The third-order valence-electron chi connectivity index (χ3n) is 9.77. The Kier molecular flexibility index (Phi) is 7.33. The minimum atomic E-state index is -5.04. The molecule has 0 bridgehead atoms. The molecule has 3 nitrogen and oxygen atoms in total. The van der Waals surface area contributed by atoms with Gasteiger partial charge in [0.05, 0.1) is 44.6 Å². The van der Waals surface area contributed by atoms with Crippen LogP contribution in [0.15, 0.2) is 103 Å². The standard InChI is InChI=1S/C43H29F6N3/c1-23-5-9-31-32-10-6-24(2)14-37(32)51(36(31)13-23)40-19-28(27-17-29(42(44,45)46)21-30(18-27)43(47,48)49)20-41(35(40)22-50)52-38-15-25(3)7-11-33(38)34-12-8-26(4)16-39(34)52/h5-21H,1-4H3. The Hall–Kier alpha value is -6.01. The van der Waals surface area contributed by atoms with Gasteiger partial charge in [0, 0.05) is 21.5 Å². The number of benzene rings is 6. The molecule has 0 fully saturated rings. The van der Waals surface area contributed by atoms with Crippen molar-refractivity contribution in [3.63, 3.8) is 0 Å². The van der Waals surface area contributed by atoms with Crippen molar-refractivity contribution < 1.29 is 26.3 Å². The van der Waals surface area contributed by atoms with Crippen LogP contribution in [-0.2, 0) is 12.4 Å². The molecular formula is C43H29F6N3. The largest absolute Gasteiger partial charge is 0.416 e. The van der Waals surface area contributed by atoms with E-state index in [1.807, 2.05) is 110 Å². The summed E-state index contributed by atoms with van der Waals surface area (Å²) in [6.45, 7) is 7.74. The number of hydrogen-bond donors (Lipinski definition) is 0. The molecule has 9 heteroatoms. The molecule has 52 heavy (non-hydrogen) atoms. The van der Waals surface area contributed by atoms with Gasteiger partial charge >= 0.3 is 12.4 Å². The van der Waals surface area contributed by atoms with Gasteiger partial charge in [-0.25, -0.2) is 0 Å². The van der Waals surface area contributed by atoms with Crippen LogP contribution in [0.25, 0.3) is 66.1 Å². The number of fused-ring (bicyclic) bond motifs is 6. The molecule has 0 aliphatic heterocycles. The molecule has 0 unspecified atom stereocenters. The Labute approximate surface area is 294 Å². The summed E-state index contributed by atoms with van der Waals surface area (Å²) >= 11 is 0. The minimum Gasteiger partial charge on any atom is -0.308 e. The van der Waals surface area contributed by atoms with E-state index in [1.165, 1.54) is 12.1 Å². The molecule has 2 heterocycles. The highest BCUT2D eigenvalue weighted by molar-refractivity contribution is 6.11. The zero-order chi connectivity index (χ0) is 36.9. The molecule has 0 aliphatic carbocycles. The van der Waals surface area contributed by atoms with Gasteiger partial charge in [-0.15, -0.1) is 0 Å². The average Bonchev–Trinajstić information content (AvgIpc) is 3.56. The smallest absolute Gasteiger partial charge is 0.308 e. The number of halogens is 6. The maximum absolute atomic E-state index is 14.2. The van der Waals surface area contributed by atoms with Crippen LogP contribution >= 0.6 is 0 Å². The molecule has 0 saturated heterocycles. The second-order valence-corrected chi connectivity index (χ2v) is 13.5. The van der Waals surface area contributed by atoms with Gasteiger partial charge in [-0.1, -0.05) is 48.5 Å². The second kappa shape index (κ2) is 11.5. The van der Waals surface area contributed by atoms with E-state index in [2.05, 4.69) is 6.07 Å². The summed E-state index contributed by atoms with van der Waals surface area (Å²) in [5.74, 6) is 0. The van der Waals surface area contributed by atoms with E-state index in [0.717, 1.165) is 78.0 Å². The minimum absolute atomic E-state index is 0.0891. The van der Waals surface area contributed by atoms with Crippen molar-refractivity contribution >= 4 is 43.6 Å². The van der Waals surface area contributed by atoms with E-state index in [9.17, 15) is 31.6 Å². The third-order valence-corrected chi connectivity index (χ3v) is 9.77. The molecule has 2 aromatic heterocycles. The summed E-state index contributed by atoms with van der Waals surface area (Å²) in [5, 5.41) is 14.6. The number of rotatable bonds is 3. The molecule has 8 aromatic rings. The first kappa shape index (κ1) is 33.2. The first-order valence-corrected chi connectivity index (χ1v) is 16.5. The highest BCUT2D eigenvalue weighted by atomic mass is 19.4. The van der Waals surface area contributed by atoms with Crippen molar-refractivity contribution in [1.82, 2.24) is 9.13 Å². The number of alkyl halides is 6. The highest BCUT2D eigenvalue weighted by Gasteiger charge is 2.37. The van der Waals surface area contributed by atoms with E-state index in [-0.39, 0.29) is 22.8 Å². The van der Waals surface area contributed by atoms with E-state index in [0.29, 0.717) is 11.4 Å². The Morgan fingerprint density at radius 3 is 1.04 bits per heavy atom. The maximum atomic E-state index is 14.2. The van der Waals surface area contributed by atoms with Gasteiger partial charge in [-0.2, -0.15) is 31.6 Å². The van der Waals surface area contributed by atoms with Gasteiger partial charge in [-0.05, 0) is 116 Å². The van der Waals surface area contributed by atoms with Crippen molar-refractivity contribution in [3.05, 3.63) is 142 Å². The summed E-state index contributed by atoms with van der Waals surface area (Å²) in [5.41, 5.74) is 4.54. The molecule has 0 aliphatic rings. The molecule has 8 rings (SSSR count). The van der Waals surface area contributed by atoms with Crippen LogP contribution in [0.1, 0.15) is 38.9 Å². The van der Waals surface area contributed by atoms with Crippen LogP contribution in [-0.4, -0.2) is 9.13 Å². The summed E-state index contributed by atoms with van der Waals surface area (Å²) in [6.07, 6.45) is -10.1. The highest BCUT2D eigenvalue weighted by Crippen LogP contribution is 2.43. The summed E-state index contributed by atoms with van der Waals surface area (Å²) in [6, 6.07) is 30.8. The van der Waals surface area contributed by atoms with Gasteiger partial charge in [0.25, 0.3) is 0 Å². The number of nitrogens with zero attached hydrogens (tertiary/aromatic N) is 3. The molecular weight excluding hydrogens is 672 g/mol.